The van der Waals surface area contributed by atoms with Crippen molar-refractivity contribution in [3.05, 3.63) is 34.9 Å². The van der Waals surface area contributed by atoms with Gasteiger partial charge >= 0.3 is 0 Å². The molecule has 0 spiro atoms. The van der Waals surface area contributed by atoms with E-state index in [2.05, 4.69) is 11.9 Å². The van der Waals surface area contributed by atoms with Crippen molar-refractivity contribution in [3.8, 4) is 0 Å². The van der Waals surface area contributed by atoms with Crippen LogP contribution in [0.5, 0.6) is 0 Å². The van der Waals surface area contributed by atoms with Crippen molar-refractivity contribution in [1.82, 2.24) is 4.90 Å². The molecular weight excluding hydrogens is 246 g/mol. The molecule has 1 aromatic carbocycles. The normalized spacial score (nSPS) is 14.4. The molecule has 0 saturated heterocycles. The summed E-state index contributed by atoms with van der Waals surface area (Å²) in [5, 5.41) is 0.741. The first kappa shape index (κ1) is 14.8. The van der Waals surface area contributed by atoms with Crippen LogP contribution in [-0.4, -0.2) is 23.4 Å². The molecule has 1 rings (SSSR count). The van der Waals surface area contributed by atoms with Crippen molar-refractivity contribution in [1.29, 1.82) is 0 Å². The minimum Gasteiger partial charge on any atom is -0.370 e. The van der Waals surface area contributed by atoms with E-state index >= 15 is 0 Å². The van der Waals surface area contributed by atoms with Crippen LogP contribution in [0.15, 0.2) is 29.3 Å². The first-order chi connectivity index (χ1) is 8.20. The molecule has 0 radical (unpaired) electrons. The Balaban J connectivity index is 2.87. The van der Waals surface area contributed by atoms with Crippen molar-refractivity contribution < 1.29 is 0 Å². The monoisotopic (exact) mass is 267 g/mol. The predicted octanol–water partition coefficient (Wildman–Crippen LogP) is 3.45. The Labute approximate surface area is 115 Å². The molecule has 1 aromatic rings. The quantitative estimate of drug-likeness (QED) is 0.659. The molecule has 1 atom stereocenters. The second-order valence-electron chi connectivity index (χ2n) is 5.48. The molecule has 0 saturated carbocycles. The largest absolute Gasteiger partial charge is 0.370 e. The third kappa shape index (κ3) is 4.22. The Hall–Kier alpha value is -1.22. The topological polar surface area (TPSA) is 41.6 Å². The molecule has 1 unspecified atom stereocenters. The van der Waals surface area contributed by atoms with Crippen LogP contribution >= 0.6 is 11.6 Å². The average Bonchev–Trinajstić information content (AvgIpc) is 2.26. The molecule has 0 amide bonds. The number of guanidine groups is 1. The molecule has 4 heteroatoms. The van der Waals surface area contributed by atoms with Crippen molar-refractivity contribution in [2.45, 2.75) is 39.3 Å². The lowest BCUT2D eigenvalue weighted by Crippen LogP contribution is -2.38. The highest BCUT2D eigenvalue weighted by Crippen LogP contribution is 2.21. The first-order valence-electron chi connectivity index (χ1n) is 6.04. The maximum atomic E-state index is 6.02. The maximum Gasteiger partial charge on any atom is 0.192 e. The van der Waals surface area contributed by atoms with Crippen LogP contribution in [0.4, 0.5) is 0 Å². The van der Waals surface area contributed by atoms with Crippen molar-refractivity contribution in [2.75, 3.05) is 7.05 Å². The van der Waals surface area contributed by atoms with Crippen molar-refractivity contribution in [2.24, 2.45) is 10.7 Å². The van der Waals surface area contributed by atoms with Gasteiger partial charge in [0, 0.05) is 12.1 Å². The van der Waals surface area contributed by atoms with Crippen LogP contribution in [0.2, 0.25) is 5.02 Å². The van der Waals surface area contributed by atoms with Crippen molar-refractivity contribution >= 4 is 17.6 Å². The third-order valence-electron chi connectivity index (χ3n) is 2.74. The van der Waals surface area contributed by atoms with E-state index in [9.17, 15) is 0 Å². The average molecular weight is 268 g/mol. The maximum absolute atomic E-state index is 6.02. The lowest BCUT2D eigenvalue weighted by molar-refractivity contribution is 0.390. The summed E-state index contributed by atoms with van der Waals surface area (Å²) in [5.74, 6) is 0.546. The van der Waals surface area contributed by atoms with Crippen molar-refractivity contribution in [3.63, 3.8) is 0 Å². The number of hydrogen-bond acceptors (Lipinski definition) is 1. The summed E-state index contributed by atoms with van der Waals surface area (Å²) in [6, 6.07) is 7.95. The summed E-state index contributed by atoms with van der Waals surface area (Å²) < 4.78 is 0. The van der Waals surface area contributed by atoms with Crippen LogP contribution < -0.4 is 5.73 Å². The van der Waals surface area contributed by atoms with Crippen LogP contribution in [-0.2, 0) is 0 Å². The molecule has 0 aliphatic rings. The van der Waals surface area contributed by atoms with E-state index in [1.165, 1.54) is 0 Å². The van der Waals surface area contributed by atoms with Gasteiger partial charge in [-0.1, -0.05) is 23.7 Å². The van der Waals surface area contributed by atoms with Crippen LogP contribution in [0.1, 0.15) is 39.3 Å². The predicted molar refractivity (Wildman–Crippen MR) is 79.0 cm³/mol. The highest BCUT2D eigenvalue weighted by Gasteiger charge is 2.16. The summed E-state index contributed by atoms with van der Waals surface area (Å²) in [7, 11) is 1.95. The molecule has 0 aliphatic carbocycles. The molecule has 0 bridgehead atoms. The Morgan fingerprint density at radius 1 is 1.28 bits per heavy atom. The number of hydrogen-bond donors (Lipinski definition) is 1. The fourth-order valence-electron chi connectivity index (χ4n) is 1.59. The summed E-state index contributed by atoms with van der Waals surface area (Å²) >= 11 is 5.88. The van der Waals surface area contributed by atoms with Gasteiger partial charge in [0.1, 0.15) is 0 Å². The molecule has 2 N–H and O–H groups in total. The Bertz CT molecular complexity index is 418. The van der Waals surface area contributed by atoms with Gasteiger partial charge in [-0.25, -0.2) is 4.99 Å². The lowest BCUT2D eigenvalue weighted by atomic mass is 10.1. The lowest BCUT2D eigenvalue weighted by Gasteiger charge is -2.28. The van der Waals surface area contributed by atoms with Gasteiger partial charge in [0.25, 0.3) is 0 Å². The van der Waals surface area contributed by atoms with Gasteiger partial charge in [0.15, 0.2) is 5.96 Å². The Morgan fingerprint density at radius 2 is 1.78 bits per heavy atom. The number of benzene rings is 1. The number of rotatable bonds is 2. The standard InChI is InChI=1S/C14H22ClN3/c1-10(11-6-8-12(15)9-7-11)18(5)13(16)17-14(2,3)4/h6-10H,1-5H3,(H2,16,17). The van der Waals surface area contributed by atoms with Crippen LogP contribution in [0, 0.1) is 0 Å². The van der Waals surface area contributed by atoms with Gasteiger partial charge in [0.2, 0.25) is 0 Å². The molecule has 100 valence electrons. The molecule has 0 fully saturated rings. The van der Waals surface area contributed by atoms with Crippen LogP contribution in [0.3, 0.4) is 0 Å². The number of aliphatic imine (C=N–C) groups is 1. The van der Waals surface area contributed by atoms with E-state index in [0.717, 1.165) is 10.6 Å². The minimum atomic E-state index is -0.169. The van der Waals surface area contributed by atoms with Gasteiger partial charge in [-0.05, 0) is 45.4 Å². The molecule has 18 heavy (non-hydrogen) atoms. The van der Waals surface area contributed by atoms with Gasteiger partial charge < -0.3 is 10.6 Å². The second kappa shape index (κ2) is 5.61. The van der Waals surface area contributed by atoms with E-state index in [1.807, 2.05) is 57.0 Å². The van der Waals surface area contributed by atoms with E-state index in [0.29, 0.717) is 5.96 Å². The SMILES string of the molecule is CC(c1ccc(Cl)cc1)N(C)C(N)=NC(C)(C)C. The molecule has 0 aliphatic heterocycles. The zero-order valence-electron chi connectivity index (χ0n) is 11.7. The third-order valence-corrected chi connectivity index (χ3v) is 3.00. The smallest absolute Gasteiger partial charge is 0.192 e. The molecule has 3 nitrogen and oxygen atoms in total. The summed E-state index contributed by atoms with van der Waals surface area (Å²) in [5.41, 5.74) is 7.01. The van der Waals surface area contributed by atoms with E-state index < -0.39 is 0 Å². The van der Waals surface area contributed by atoms with Gasteiger partial charge in [0.05, 0.1) is 11.6 Å². The first-order valence-corrected chi connectivity index (χ1v) is 6.42. The minimum absolute atomic E-state index is 0.161. The number of halogens is 1. The highest BCUT2D eigenvalue weighted by atomic mass is 35.5. The number of nitrogens with two attached hydrogens (primary N) is 1. The Kier molecular flexibility index (Phi) is 4.63. The van der Waals surface area contributed by atoms with Crippen LogP contribution in [0.25, 0.3) is 0 Å². The molecular formula is C14H22ClN3. The summed E-state index contributed by atoms with van der Waals surface area (Å²) in [6.07, 6.45) is 0. The number of nitrogens with zero attached hydrogens (tertiary/aromatic N) is 2. The van der Waals surface area contributed by atoms with Gasteiger partial charge in [-0.15, -0.1) is 0 Å². The Morgan fingerprint density at radius 3 is 2.22 bits per heavy atom. The van der Waals surface area contributed by atoms with E-state index in [1.54, 1.807) is 0 Å². The van der Waals surface area contributed by atoms with Gasteiger partial charge in [-0.3, -0.25) is 0 Å². The van der Waals surface area contributed by atoms with E-state index in [4.69, 9.17) is 17.3 Å². The zero-order chi connectivity index (χ0) is 13.9. The second-order valence-corrected chi connectivity index (χ2v) is 5.92. The fourth-order valence-corrected chi connectivity index (χ4v) is 1.71. The molecule has 0 heterocycles. The van der Waals surface area contributed by atoms with E-state index in [-0.39, 0.29) is 11.6 Å². The fraction of sp³-hybridized carbons (Fsp3) is 0.500. The van der Waals surface area contributed by atoms with Gasteiger partial charge in [-0.2, -0.15) is 0 Å². The highest BCUT2D eigenvalue weighted by molar-refractivity contribution is 6.30. The summed E-state index contributed by atoms with van der Waals surface area (Å²) in [6.45, 7) is 8.18. The zero-order valence-corrected chi connectivity index (χ0v) is 12.5. The molecule has 0 aromatic heterocycles. The summed E-state index contributed by atoms with van der Waals surface area (Å²) in [4.78, 5) is 6.43.